The minimum atomic E-state index is -0.285. The van der Waals surface area contributed by atoms with Gasteiger partial charge in [0.2, 0.25) is 0 Å². The van der Waals surface area contributed by atoms with Gasteiger partial charge in [-0.05, 0) is 5.56 Å². The molecule has 0 aliphatic rings. The van der Waals surface area contributed by atoms with Gasteiger partial charge >= 0.3 is 5.97 Å². The lowest BCUT2D eigenvalue weighted by Crippen LogP contribution is -2.12. The first-order chi connectivity index (χ1) is 10.8. The molecule has 0 atom stereocenters. The Morgan fingerprint density at radius 1 is 0.909 bits per heavy atom. The van der Waals surface area contributed by atoms with Gasteiger partial charge < -0.3 is 23.7 Å². The highest BCUT2D eigenvalue weighted by molar-refractivity contribution is 5.69. The Labute approximate surface area is 130 Å². The van der Waals surface area contributed by atoms with Crippen LogP contribution in [0.15, 0.2) is 30.3 Å². The molecule has 1 rings (SSSR count). The zero-order valence-corrected chi connectivity index (χ0v) is 12.6. The largest absolute Gasteiger partial charge is 0.461 e. The molecule has 0 fully saturated rings. The van der Waals surface area contributed by atoms with Crippen LogP contribution < -0.4 is 0 Å². The maximum atomic E-state index is 11.5. The highest BCUT2D eigenvalue weighted by Gasteiger charge is 2.03. The molecular weight excluding hydrogens is 288 g/mol. The third-order valence-corrected chi connectivity index (χ3v) is 2.62. The topological polar surface area (TPSA) is 71.1 Å². The van der Waals surface area contributed by atoms with E-state index in [-0.39, 0.29) is 25.6 Å². The highest BCUT2D eigenvalue weighted by atomic mass is 16.5. The SMILES string of the molecule is O=CCOCCOCCOCCC(=O)OCc1ccccc1. The zero-order chi connectivity index (χ0) is 15.9. The van der Waals surface area contributed by atoms with Crippen molar-refractivity contribution in [3.8, 4) is 0 Å². The number of aldehydes is 1. The van der Waals surface area contributed by atoms with Crippen molar-refractivity contribution in [1.82, 2.24) is 0 Å². The van der Waals surface area contributed by atoms with Crippen LogP contribution in [0, 0.1) is 0 Å². The van der Waals surface area contributed by atoms with Gasteiger partial charge in [-0.25, -0.2) is 0 Å². The summed E-state index contributed by atoms with van der Waals surface area (Å²) in [4.78, 5) is 21.4. The monoisotopic (exact) mass is 310 g/mol. The summed E-state index contributed by atoms with van der Waals surface area (Å²) in [6, 6.07) is 9.52. The third-order valence-electron chi connectivity index (χ3n) is 2.62. The first-order valence-corrected chi connectivity index (χ1v) is 7.19. The molecule has 0 N–H and O–H groups in total. The number of hydrogen-bond acceptors (Lipinski definition) is 6. The molecule has 0 unspecified atom stereocenters. The van der Waals surface area contributed by atoms with E-state index < -0.39 is 0 Å². The summed E-state index contributed by atoms with van der Waals surface area (Å²) in [5, 5.41) is 0. The van der Waals surface area contributed by atoms with Crippen molar-refractivity contribution < 1.29 is 28.5 Å². The molecule has 122 valence electrons. The minimum absolute atomic E-state index is 0.0882. The van der Waals surface area contributed by atoms with Crippen molar-refractivity contribution >= 4 is 12.3 Å². The summed E-state index contributed by atoms with van der Waals surface area (Å²) in [5.41, 5.74) is 0.960. The van der Waals surface area contributed by atoms with E-state index in [0.29, 0.717) is 39.3 Å². The summed E-state index contributed by atoms with van der Waals surface area (Å²) in [5.74, 6) is -0.285. The molecule has 0 aliphatic heterocycles. The molecule has 22 heavy (non-hydrogen) atoms. The lowest BCUT2D eigenvalue weighted by molar-refractivity contribution is -0.146. The van der Waals surface area contributed by atoms with E-state index in [1.165, 1.54) is 0 Å². The van der Waals surface area contributed by atoms with Crippen molar-refractivity contribution in [2.75, 3.05) is 39.6 Å². The number of hydrogen-bond donors (Lipinski definition) is 0. The van der Waals surface area contributed by atoms with Gasteiger partial charge in [-0.3, -0.25) is 4.79 Å². The van der Waals surface area contributed by atoms with E-state index in [1.54, 1.807) is 0 Å². The summed E-state index contributed by atoms with van der Waals surface area (Å²) in [7, 11) is 0. The molecule has 0 saturated heterocycles. The van der Waals surface area contributed by atoms with E-state index >= 15 is 0 Å². The van der Waals surface area contributed by atoms with Gasteiger partial charge in [-0.15, -0.1) is 0 Å². The van der Waals surface area contributed by atoms with Gasteiger partial charge in [0.25, 0.3) is 0 Å². The van der Waals surface area contributed by atoms with Gasteiger partial charge in [0.05, 0.1) is 39.5 Å². The lowest BCUT2D eigenvalue weighted by atomic mass is 10.2. The number of carbonyl (C=O) groups excluding carboxylic acids is 2. The van der Waals surface area contributed by atoms with E-state index in [0.717, 1.165) is 5.56 Å². The molecule has 0 bridgehead atoms. The van der Waals surface area contributed by atoms with Gasteiger partial charge in [-0.2, -0.15) is 0 Å². The molecule has 0 heterocycles. The molecule has 6 heteroatoms. The molecule has 0 aliphatic carbocycles. The van der Waals surface area contributed by atoms with Crippen LogP contribution in [0.1, 0.15) is 12.0 Å². The van der Waals surface area contributed by atoms with Crippen LogP contribution in [0.5, 0.6) is 0 Å². The highest BCUT2D eigenvalue weighted by Crippen LogP contribution is 2.01. The van der Waals surface area contributed by atoms with Crippen LogP contribution >= 0.6 is 0 Å². The third kappa shape index (κ3) is 10.0. The number of esters is 1. The summed E-state index contributed by atoms with van der Waals surface area (Å²) in [6.07, 6.45) is 0.912. The normalized spacial score (nSPS) is 10.4. The molecule has 1 aromatic rings. The number of carbonyl (C=O) groups is 2. The van der Waals surface area contributed by atoms with Gasteiger partial charge in [0.1, 0.15) is 19.5 Å². The smallest absolute Gasteiger partial charge is 0.308 e. The molecular formula is C16H22O6. The molecule has 0 aromatic heterocycles. The van der Waals surface area contributed by atoms with Crippen LogP contribution in [-0.4, -0.2) is 51.9 Å². The molecule has 6 nitrogen and oxygen atoms in total. The minimum Gasteiger partial charge on any atom is -0.461 e. The fourth-order valence-electron chi connectivity index (χ4n) is 1.54. The van der Waals surface area contributed by atoms with E-state index in [4.69, 9.17) is 18.9 Å². The van der Waals surface area contributed by atoms with Gasteiger partial charge in [0, 0.05) is 0 Å². The van der Waals surface area contributed by atoms with Crippen molar-refractivity contribution in [2.45, 2.75) is 13.0 Å². The predicted octanol–water partition coefficient (Wildman–Crippen LogP) is 1.37. The second kappa shape index (κ2) is 12.9. The maximum Gasteiger partial charge on any atom is 0.308 e. The Morgan fingerprint density at radius 2 is 1.55 bits per heavy atom. The van der Waals surface area contributed by atoms with E-state index in [2.05, 4.69) is 0 Å². The quantitative estimate of drug-likeness (QED) is 0.311. The number of rotatable bonds is 13. The van der Waals surface area contributed by atoms with Gasteiger partial charge in [-0.1, -0.05) is 30.3 Å². The zero-order valence-electron chi connectivity index (χ0n) is 12.6. The number of benzene rings is 1. The van der Waals surface area contributed by atoms with Crippen molar-refractivity contribution in [3.63, 3.8) is 0 Å². The number of ether oxygens (including phenoxy) is 4. The molecule has 0 spiro atoms. The molecule has 0 amide bonds. The second-order valence-corrected chi connectivity index (χ2v) is 4.36. The Hall–Kier alpha value is -1.76. The fraction of sp³-hybridized carbons (Fsp3) is 0.500. The predicted molar refractivity (Wildman–Crippen MR) is 79.4 cm³/mol. The van der Waals surface area contributed by atoms with Crippen molar-refractivity contribution in [1.29, 1.82) is 0 Å². The van der Waals surface area contributed by atoms with E-state index in [9.17, 15) is 9.59 Å². The van der Waals surface area contributed by atoms with Crippen LogP contribution in [0.4, 0.5) is 0 Å². The lowest BCUT2D eigenvalue weighted by Gasteiger charge is -2.07. The Morgan fingerprint density at radius 3 is 2.23 bits per heavy atom. The fourth-order valence-corrected chi connectivity index (χ4v) is 1.54. The average molecular weight is 310 g/mol. The second-order valence-electron chi connectivity index (χ2n) is 4.36. The Bertz CT molecular complexity index is 406. The summed E-state index contributed by atoms with van der Waals surface area (Å²) >= 11 is 0. The van der Waals surface area contributed by atoms with Crippen LogP contribution in [0.25, 0.3) is 0 Å². The van der Waals surface area contributed by atoms with Crippen molar-refractivity contribution in [3.05, 3.63) is 35.9 Å². The van der Waals surface area contributed by atoms with Gasteiger partial charge in [0.15, 0.2) is 0 Å². The first-order valence-electron chi connectivity index (χ1n) is 7.19. The van der Waals surface area contributed by atoms with Crippen LogP contribution in [-0.2, 0) is 35.1 Å². The maximum absolute atomic E-state index is 11.5. The standard InChI is InChI=1S/C16H22O6/c17-7-9-20-11-13-21-12-10-19-8-6-16(18)22-14-15-4-2-1-3-5-15/h1-5,7H,6,8-14H2. The Balaban J connectivity index is 1.87. The van der Waals surface area contributed by atoms with Crippen LogP contribution in [0.3, 0.4) is 0 Å². The van der Waals surface area contributed by atoms with Crippen LogP contribution in [0.2, 0.25) is 0 Å². The first kappa shape index (κ1) is 18.3. The summed E-state index contributed by atoms with van der Waals surface area (Å²) < 4.78 is 20.5. The Kier molecular flexibility index (Phi) is 10.8. The molecule has 1 aromatic carbocycles. The van der Waals surface area contributed by atoms with Crippen molar-refractivity contribution in [2.24, 2.45) is 0 Å². The van der Waals surface area contributed by atoms with E-state index in [1.807, 2.05) is 30.3 Å². The average Bonchev–Trinajstić information content (AvgIpc) is 2.55. The summed E-state index contributed by atoms with van der Waals surface area (Å²) in [6.45, 7) is 2.29. The molecule has 0 saturated carbocycles. The molecule has 0 radical (unpaired) electrons.